The third-order valence-electron chi connectivity index (χ3n) is 6.05. The van der Waals surface area contributed by atoms with Gasteiger partial charge in [0.05, 0.1) is 25.3 Å². The summed E-state index contributed by atoms with van der Waals surface area (Å²) in [5.41, 5.74) is 1.49. The lowest BCUT2D eigenvalue weighted by molar-refractivity contribution is -0.0251. The molecule has 1 N–H and O–H groups in total. The summed E-state index contributed by atoms with van der Waals surface area (Å²) in [4.78, 5) is 14.5. The molecule has 34 heavy (non-hydrogen) atoms. The van der Waals surface area contributed by atoms with Crippen LogP contribution in [0.25, 0.3) is 0 Å². The van der Waals surface area contributed by atoms with Crippen LogP contribution in [-0.2, 0) is 15.1 Å². The van der Waals surface area contributed by atoms with Gasteiger partial charge in [-0.15, -0.1) is 0 Å². The highest BCUT2D eigenvalue weighted by Gasteiger charge is 2.42. The van der Waals surface area contributed by atoms with E-state index >= 15 is 0 Å². The molecule has 1 aliphatic heterocycles. The van der Waals surface area contributed by atoms with Crippen molar-refractivity contribution in [2.45, 2.75) is 50.5 Å². The van der Waals surface area contributed by atoms with Crippen LogP contribution >= 0.6 is 0 Å². The second kappa shape index (κ2) is 10.00. The Morgan fingerprint density at radius 3 is 1.71 bits per heavy atom. The number of aliphatic hydroxyl groups excluding tert-OH is 1. The number of likely N-dealkylation sites (tertiary alicyclic amines) is 1. The molecule has 4 rings (SSSR count). The van der Waals surface area contributed by atoms with Gasteiger partial charge in [-0.05, 0) is 43.9 Å². The summed E-state index contributed by atoms with van der Waals surface area (Å²) in [6.45, 7) is 6.00. The topological polar surface area (TPSA) is 59.0 Å². The molecule has 0 radical (unpaired) electrons. The smallest absolute Gasteiger partial charge is 0.410 e. The number of hydrogen-bond donors (Lipinski definition) is 1. The van der Waals surface area contributed by atoms with E-state index < -0.39 is 23.4 Å². The molecule has 1 amide bonds. The highest BCUT2D eigenvalue weighted by atomic mass is 16.6. The molecule has 5 heteroatoms. The Labute approximate surface area is 201 Å². The molecule has 1 heterocycles. The number of aliphatic hydroxyl groups is 1. The van der Waals surface area contributed by atoms with Gasteiger partial charge in [-0.1, -0.05) is 91.0 Å². The lowest BCUT2D eigenvalue weighted by Crippen LogP contribution is -2.44. The molecule has 3 aromatic carbocycles. The minimum atomic E-state index is -0.878. The number of rotatable bonds is 6. The van der Waals surface area contributed by atoms with Crippen molar-refractivity contribution in [2.75, 3.05) is 13.2 Å². The average Bonchev–Trinajstić information content (AvgIpc) is 3.21. The van der Waals surface area contributed by atoms with Crippen molar-refractivity contribution in [3.8, 4) is 0 Å². The number of benzene rings is 3. The SMILES string of the molecule is CC(C)(C)OC(=O)N1CC(O)CC1COC(c1ccccc1)(c1ccccc1)c1ccccc1. The highest BCUT2D eigenvalue weighted by Crippen LogP contribution is 2.41. The van der Waals surface area contributed by atoms with Crippen LogP contribution in [-0.4, -0.2) is 47.0 Å². The van der Waals surface area contributed by atoms with Gasteiger partial charge in [-0.2, -0.15) is 0 Å². The van der Waals surface area contributed by atoms with Crippen molar-refractivity contribution in [3.05, 3.63) is 108 Å². The summed E-state index contributed by atoms with van der Waals surface area (Å²) < 4.78 is 12.5. The number of hydrogen-bond acceptors (Lipinski definition) is 4. The zero-order valence-electron chi connectivity index (χ0n) is 20.1. The lowest BCUT2D eigenvalue weighted by atomic mass is 9.80. The molecular formula is C29H33NO4. The minimum Gasteiger partial charge on any atom is -0.444 e. The summed E-state index contributed by atoms with van der Waals surface area (Å²) in [5.74, 6) is 0. The standard InChI is InChI=1S/C29H33NO4/c1-28(2,3)34-27(32)30-20-26(31)19-25(30)21-33-29(22-13-7-4-8-14-22,23-15-9-5-10-16-23)24-17-11-6-12-18-24/h4-18,25-26,31H,19-21H2,1-3H3. The van der Waals surface area contributed by atoms with Gasteiger partial charge >= 0.3 is 6.09 Å². The first kappa shape index (κ1) is 24.0. The van der Waals surface area contributed by atoms with Crippen molar-refractivity contribution in [1.29, 1.82) is 0 Å². The van der Waals surface area contributed by atoms with Gasteiger partial charge in [0.25, 0.3) is 0 Å². The van der Waals surface area contributed by atoms with E-state index in [-0.39, 0.29) is 19.2 Å². The number of ether oxygens (including phenoxy) is 2. The maximum absolute atomic E-state index is 12.9. The van der Waals surface area contributed by atoms with Crippen molar-refractivity contribution < 1.29 is 19.4 Å². The van der Waals surface area contributed by atoms with Crippen LogP contribution in [0, 0.1) is 0 Å². The monoisotopic (exact) mass is 459 g/mol. The predicted octanol–water partition coefficient (Wildman–Crippen LogP) is 5.37. The van der Waals surface area contributed by atoms with Crippen LogP contribution in [0.3, 0.4) is 0 Å². The van der Waals surface area contributed by atoms with E-state index in [4.69, 9.17) is 9.47 Å². The molecule has 0 spiro atoms. The number of amides is 1. The fraction of sp³-hybridized carbons (Fsp3) is 0.345. The van der Waals surface area contributed by atoms with Gasteiger partial charge in [0, 0.05) is 0 Å². The van der Waals surface area contributed by atoms with E-state index in [9.17, 15) is 9.90 Å². The Hall–Kier alpha value is -3.15. The first-order chi connectivity index (χ1) is 16.3. The molecule has 0 aromatic heterocycles. The van der Waals surface area contributed by atoms with E-state index in [1.54, 1.807) is 4.90 Å². The molecule has 1 aliphatic rings. The number of carbonyl (C=O) groups is 1. The second-order valence-corrected chi connectivity index (χ2v) is 9.77. The van der Waals surface area contributed by atoms with Crippen molar-refractivity contribution in [1.82, 2.24) is 4.90 Å². The molecule has 1 fully saturated rings. The Morgan fingerprint density at radius 2 is 1.29 bits per heavy atom. The summed E-state index contributed by atoms with van der Waals surface area (Å²) in [5, 5.41) is 10.4. The zero-order chi connectivity index (χ0) is 24.2. The van der Waals surface area contributed by atoms with Gasteiger partial charge in [0.15, 0.2) is 0 Å². The van der Waals surface area contributed by atoms with Crippen LogP contribution in [0.2, 0.25) is 0 Å². The normalized spacial score (nSPS) is 18.6. The molecule has 3 aromatic rings. The molecule has 2 unspecified atom stereocenters. The van der Waals surface area contributed by atoms with Crippen LogP contribution in [0.5, 0.6) is 0 Å². The third kappa shape index (κ3) is 5.16. The Morgan fingerprint density at radius 1 is 0.853 bits per heavy atom. The van der Waals surface area contributed by atoms with Crippen molar-refractivity contribution >= 4 is 6.09 Å². The fourth-order valence-electron chi connectivity index (χ4n) is 4.58. The van der Waals surface area contributed by atoms with Crippen LogP contribution in [0.4, 0.5) is 4.79 Å². The molecule has 2 atom stereocenters. The highest BCUT2D eigenvalue weighted by molar-refractivity contribution is 5.69. The van der Waals surface area contributed by atoms with E-state index in [0.29, 0.717) is 6.42 Å². The molecular weight excluding hydrogens is 426 g/mol. The first-order valence-corrected chi connectivity index (χ1v) is 11.8. The van der Waals surface area contributed by atoms with Gasteiger partial charge in [0.1, 0.15) is 11.2 Å². The number of carbonyl (C=O) groups excluding carboxylic acids is 1. The fourth-order valence-corrected chi connectivity index (χ4v) is 4.58. The first-order valence-electron chi connectivity index (χ1n) is 11.8. The molecule has 0 bridgehead atoms. The molecule has 5 nitrogen and oxygen atoms in total. The van der Waals surface area contributed by atoms with E-state index in [2.05, 4.69) is 36.4 Å². The third-order valence-corrected chi connectivity index (χ3v) is 6.05. The summed E-state index contributed by atoms with van der Waals surface area (Å²) in [6.07, 6.45) is -0.601. The summed E-state index contributed by atoms with van der Waals surface area (Å²) in [7, 11) is 0. The van der Waals surface area contributed by atoms with Gasteiger partial charge in [-0.25, -0.2) is 4.79 Å². The van der Waals surface area contributed by atoms with Gasteiger partial charge in [-0.3, -0.25) is 0 Å². The van der Waals surface area contributed by atoms with Gasteiger partial charge < -0.3 is 19.5 Å². The largest absolute Gasteiger partial charge is 0.444 e. The van der Waals surface area contributed by atoms with E-state index in [1.165, 1.54) is 0 Å². The average molecular weight is 460 g/mol. The zero-order valence-corrected chi connectivity index (χ0v) is 20.1. The van der Waals surface area contributed by atoms with Crippen molar-refractivity contribution in [2.24, 2.45) is 0 Å². The summed E-state index contributed by atoms with van der Waals surface area (Å²) in [6, 6.07) is 30.1. The number of β-amino-alcohol motifs (C(OH)–C–C–N with tert-alkyl or cyclic N) is 1. The minimum absolute atomic E-state index is 0.234. The van der Waals surface area contributed by atoms with E-state index in [0.717, 1.165) is 16.7 Å². The van der Waals surface area contributed by atoms with Crippen molar-refractivity contribution in [3.63, 3.8) is 0 Å². The van der Waals surface area contributed by atoms with Gasteiger partial charge in [0.2, 0.25) is 0 Å². The molecule has 0 aliphatic carbocycles. The maximum Gasteiger partial charge on any atom is 0.410 e. The van der Waals surface area contributed by atoms with E-state index in [1.807, 2.05) is 75.4 Å². The Bertz CT molecular complexity index is 967. The summed E-state index contributed by atoms with van der Waals surface area (Å²) >= 11 is 0. The lowest BCUT2D eigenvalue weighted by Gasteiger charge is -2.38. The maximum atomic E-state index is 12.9. The van der Waals surface area contributed by atoms with Crippen LogP contribution < -0.4 is 0 Å². The number of nitrogens with zero attached hydrogens (tertiary/aromatic N) is 1. The Kier molecular flexibility index (Phi) is 7.05. The molecule has 1 saturated heterocycles. The quantitative estimate of drug-likeness (QED) is 0.504. The predicted molar refractivity (Wildman–Crippen MR) is 133 cm³/mol. The van der Waals surface area contributed by atoms with Crippen LogP contribution in [0.1, 0.15) is 43.9 Å². The Balaban J connectivity index is 1.73. The molecule has 178 valence electrons. The second-order valence-electron chi connectivity index (χ2n) is 9.77. The molecule has 0 saturated carbocycles. The van der Waals surface area contributed by atoms with Crippen LogP contribution in [0.15, 0.2) is 91.0 Å².